The molecule has 25 heavy (non-hydrogen) atoms. The molecule has 3 amide bonds. The lowest BCUT2D eigenvalue weighted by Crippen LogP contribution is -2.44. The van der Waals surface area contributed by atoms with Crippen molar-refractivity contribution in [2.45, 2.75) is 26.3 Å². The molecule has 1 aromatic carbocycles. The summed E-state index contributed by atoms with van der Waals surface area (Å²) < 4.78 is 9.85. The molecule has 0 radical (unpaired) electrons. The maximum atomic E-state index is 11.6. The quantitative estimate of drug-likeness (QED) is 0.531. The molecule has 0 saturated carbocycles. The van der Waals surface area contributed by atoms with Gasteiger partial charge in [0.15, 0.2) is 13.2 Å². The molecule has 0 aliphatic rings. The van der Waals surface area contributed by atoms with Crippen LogP contribution in [0.4, 0.5) is 4.79 Å². The smallest absolute Gasteiger partial charge is 0.344 e. The van der Waals surface area contributed by atoms with Crippen molar-refractivity contribution in [1.29, 1.82) is 0 Å². The summed E-state index contributed by atoms with van der Waals surface area (Å²) in [6.45, 7) is 2.56. The Bertz CT molecular complexity index is 654. The second-order valence-electron chi connectivity index (χ2n) is 4.98. The number of rotatable bonds is 7. The molecule has 7 nitrogen and oxygen atoms in total. The third kappa shape index (κ3) is 7.81. The summed E-state index contributed by atoms with van der Waals surface area (Å²) in [4.78, 5) is 34.5. The first-order valence-electron chi connectivity index (χ1n) is 7.26. The fourth-order valence-electron chi connectivity index (χ4n) is 1.46. The summed E-state index contributed by atoms with van der Waals surface area (Å²) in [6.07, 6.45) is 0.714. The van der Waals surface area contributed by atoms with Gasteiger partial charge in [-0.05, 0) is 19.4 Å². The highest BCUT2D eigenvalue weighted by Gasteiger charge is 2.14. The Morgan fingerprint density at radius 1 is 1.08 bits per heavy atom. The van der Waals surface area contributed by atoms with Crippen molar-refractivity contribution in [3.8, 4) is 5.75 Å². The van der Waals surface area contributed by atoms with Crippen molar-refractivity contribution in [3.63, 3.8) is 0 Å². The highest BCUT2D eigenvalue weighted by molar-refractivity contribution is 6.43. The van der Waals surface area contributed by atoms with Gasteiger partial charge in [-0.1, -0.05) is 41.7 Å². The molecular weight excluding hydrogens is 395 g/mol. The largest absolute Gasteiger partial charge is 0.480 e. The van der Waals surface area contributed by atoms with Crippen LogP contribution < -0.4 is 15.4 Å². The van der Waals surface area contributed by atoms with E-state index in [0.717, 1.165) is 0 Å². The van der Waals surface area contributed by atoms with Crippen LogP contribution in [0.25, 0.3) is 0 Å². The third-order valence-corrected chi connectivity index (χ3v) is 3.94. The van der Waals surface area contributed by atoms with Crippen molar-refractivity contribution in [2.24, 2.45) is 0 Å². The van der Waals surface area contributed by atoms with Crippen LogP contribution in [-0.4, -0.2) is 37.2 Å². The van der Waals surface area contributed by atoms with Crippen molar-refractivity contribution in [1.82, 2.24) is 10.6 Å². The number of amides is 3. The average molecular weight is 412 g/mol. The van der Waals surface area contributed by atoms with Crippen LogP contribution in [0.5, 0.6) is 5.75 Å². The van der Waals surface area contributed by atoms with E-state index in [0.29, 0.717) is 6.42 Å². The lowest BCUT2D eigenvalue weighted by Gasteiger charge is -2.12. The molecule has 0 aliphatic heterocycles. The summed E-state index contributed by atoms with van der Waals surface area (Å²) in [5.74, 6) is -1.44. The molecule has 0 aromatic heterocycles. The van der Waals surface area contributed by atoms with Gasteiger partial charge in [-0.25, -0.2) is 9.59 Å². The normalized spacial score (nSPS) is 11.4. The number of halogens is 3. The molecule has 0 bridgehead atoms. The average Bonchev–Trinajstić information content (AvgIpc) is 2.54. The monoisotopic (exact) mass is 410 g/mol. The molecule has 138 valence electrons. The molecule has 0 spiro atoms. The molecular formula is C15H17Cl3N2O5. The Hall–Kier alpha value is -1.70. The van der Waals surface area contributed by atoms with E-state index >= 15 is 0 Å². The lowest BCUT2D eigenvalue weighted by atomic mass is 10.3. The molecule has 2 N–H and O–H groups in total. The highest BCUT2D eigenvalue weighted by Crippen LogP contribution is 2.33. The molecule has 0 aliphatic carbocycles. The Morgan fingerprint density at radius 3 is 2.36 bits per heavy atom. The Kier molecular flexibility index (Phi) is 8.82. The number of carbonyl (C=O) groups excluding carboxylic acids is 3. The number of nitrogens with one attached hydrogen (secondary N) is 2. The van der Waals surface area contributed by atoms with Gasteiger partial charge in [0.1, 0.15) is 5.75 Å². The molecule has 1 rings (SSSR count). The molecule has 0 fully saturated rings. The number of benzene rings is 1. The topological polar surface area (TPSA) is 93.7 Å². The Balaban J connectivity index is 2.37. The van der Waals surface area contributed by atoms with E-state index in [9.17, 15) is 14.4 Å². The van der Waals surface area contributed by atoms with E-state index in [2.05, 4.69) is 5.32 Å². The summed E-state index contributed by atoms with van der Waals surface area (Å²) in [5.41, 5.74) is 0. The van der Waals surface area contributed by atoms with Crippen molar-refractivity contribution in [3.05, 3.63) is 27.2 Å². The maximum absolute atomic E-state index is 11.6. The minimum absolute atomic E-state index is 0.0836. The number of hydrogen-bond acceptors (Lipinski definition) is 5. The first-order chi connectivity index (χ1) is 11.7. The van der Waals surface area contributed by atoms with Crippen LogP contribution in [0, 0.1) is 0 Å². The van der Waals surface area contributed by atoms with E-state index in [-0.39, 0.29) is 26.9 Å². The zero-order valence-corrected chi connectivity index (χ0v) is 15.8. The first-order valence-corrected chi connectivity index (χ1v) is 8.39. The maximum Gasteiger partial charge on any atom is 0.344 e. The van der Waals surface area contributed by atoms with Crippen LogP contribution in [0.3, 0.4) is 0 Å². The van der Waals surface area contributed by atoms with Crippen LogP contribution in [0.15, 0.2) is 12.1 Å². The van der Waals surface area contributed by atoms with Crippen LogP contribution >= 0.6 is 34.8 Å². The molecule has 1 aromatic rings. The summed E-state index contributed by atoms with van der Waals surface area (Å²) in [6, 6.07) is 1.98. The van der Waals surface area contributed by atoms with Gasteiger partial charge < -0.3 is 14.8 Å². The predicted octanol–water partition coefficient (Wildman–Crippen LogP) is 3.19. The van der Waals surface area contributed by atoms with E-state index in [1.807, 2.05) is 12.2 Å². The first kappa shape index (κ1) is 21.3. The fraction of sp³-hybridized carbons (Fsp3) is 0.400. The number of esters is 1. The van der Waals surface area contributed by atoms with Crippen molar-refractivity contribution >= 4 is 52.7 Å². The van der Waals surface area contributed by atoms with Gasteiger partial charge in [-0.2, -0.15) is 0 Å². The minimum atomic E-state index is -0.820. The van der Waals surface area contributed by atoms with E-state index in [4.69, 9.17) is 44.3 Å². The minimum Gasteiger partial charge on any atom is -0.480 e. The van der Waals surface area contributed by atoms with Crippen LogP contribution in [-0.2, 0) is 14.3 Å². The van der Waals surface area contributed by atoms with Gasteiger partial charge >= 0.3 is 12.0 Å². The Labute approximate surface area is 159 Å². The standard InChI is InChI=1S/C15H17Cl3N2O5/c1-3-8(2)19-15(23)20-13(21)6-25-14(22)7-24-12-5-10(17)9(16)4-11(12)18/h4-5,8H,3,6-7H2,1-2H3,(H2,19,20,21,23)/t8-/m1/s1. The Morgan fingerprint density at radius 2 is 1.72 bits per heavy atom. The summed E-state index contributed by atoms with van der Waals surface area (Å²) >= 11 is 17.5. The molecule has 10 heteroatoms. The van der Waals surface area contributed by atoms with Gasteiger partial charge in [0.25, 0.3) is 5.91 Å². The molecule has 1 atom stereocenters. The fourth-order valence-corrected chi connectivity index (χ4v) is 2.06. The third-order valence-electron chi connectivity index (χ3n) is 2.93. The van der Waals surface area contributed by atoms with Crippen molar-refractivity contribution < 1.29 is 23.9 Å². The molecule has 0 saturated heterocycles. The summed E-state index contributed by atoms with van der Waals surface area (Å²) in [5, 5.41) is 5.20. The van der Waals surface area contributed by atoms with Gasteiger partial charge in [-0.3, -0.25) is 10.1 Å². The van der Waals surface area contributed by atoms with E-state index in [1.54, 1.807) is 6.92 Å². The van der Waals surface area contributed by atoms with E-state index < -0.39 is 31.1 Å². The predicted molar refractivity (Wildman–Crippen MR) is 94.4 cm³/mol. The molecule has 0 unspecified atom stereocenters. The van der Waals surface area contributed by atoms with Gasteiger partial charge in [-0.15, -0.1) is 0 Å². The second kappa shape index (κ2) is 10.3. The number of carbonyl (C=O) groups is 3. The zero-order valence-electron chi connectivity index (χ0n) is 13.5. The zero-order chi connectivity index (χ0) is 19.0. The van der Waals surface area contributed by atoms with E-state index in [1.165, 1.54) is 12.1 Å². The number of urea groups is 1. The summed E-state index contributed by atoms with van der Waals surface area (Å²) in [7, 11) is 0. The van der Waals surface area contributed by atoms with Gasteiger partial charge in [0.05, 0.1) is 15.1 Å². The van der Waals surface area contributed by atoms with Crippen LogP contribution in [0.1, 0.15) is 20.3 Å². The van der Waals surface area contributed by atoms with Gasteiger partial charge in [0, 0.05) is 12.1 Å². The number of ether oxygens (including phenoxy) is 2. The number of imide groups is 1. The molecule has 0 heterocycles. The highest BCUT2D eigenvalue weighted by atomic mass is 35.5. The van der Waals surface area contributed by atoms with Gasteiger partial charge in [0.2, 0.25) is 0 Å². The van der Waals surface area contributed by atoms with Crippen molar-refractivity contribution in [2.75, 3.05) is 13.2 Å². The second-order valence-corrected chi connectivity index (χ2v) is 6.20. The number of hydrogen-bond donors (Lipinski definition) is 2. The SMILES string of the molecule is CC[C@@H](C)NC(=O)NC(=O)COC(=O)COc1cc(Cl)c(Cl)cc1Cl. The van der Waals surface area contributed by atoms with Crippen LogP contribution in [0.2, 0.25) is 15.1 Å². The lowest BCUT2D eigenvalue weighted by molar-refractivity contribution is -0.150.